The third-order valence-corrected chi connectivity index (χ3v) is 4.09. The summed E-state index contributed by atoms with van der Waals surface area (Å²) in [6.45, 7) is 4.52. The minimum Gasteiger partial charge on any atom is -0.379 e. The van der Waals surface area contributed by atoms with E-state index in [1.165, 1.54) is 9.35 Å². The van der Waals surface area contributed by atoms with Gasteiger partial charge in [0.05, 0.1) is 13.2 Å². The second kappa shape index (κ2) is 5.23. The lowest BCUT2D eigenvalue weighted by atomic mass is 10.4. The van der Waals surface area contributed by atoms with Crippen molar-refractivity contribution >= 4 is 27.3 Å². The predicted molar refractivity (Wildman–Crippen MR) is 61.3 cm³/mol. The minimum atomic E-state index is 0.832. The van der Waals surface area contributed by atoms with Crippen molar-refractivity contribution in [3.8, 4) is 0 Å². The molecule has 0 radical (unpaired) electrons. The molecule has 1 aromatic heterocycles. The van der Waals surface area contributed by atoms with E-state index in [4.69, 9.17) is 4.74 Å². The highest BCUT2D eigenvalue weighted by Gasteiger charge is 2.10. The first-order valence-electron chi connectivity index (χ1n) is 4.64. The Kier molecular flexibility index (Phi) is 3.95. The molecule has 1 saturated heterocycles. The standard InChI is InChI=1S/C9H13BrN2OS/c10-8-1-6-14-9(8)7-11-12-2-4-13-5-3-12/h1,6,11H,2-5,7H2. The van der Waals surface area contributed by atoms with E-state index in [1.54, 1.807) is 11.3 Å². The maximum absolute atomic E-state index is 5.27. The zero-order chi connectivity index (χ0) is 9.80. The van der Waals surface area contributed by atoms with Crippen molar-refractivity contribution < 1.29 is 4.74 Å². The van der Waals surface area contributed by atoms with Crippen LogP contribution in [-0.2, 0) is 11.3 Å². The summed E-state index contributed by atoms with van der Waals surface area (Å²) >= 11 is 5.29. The molecule has 0 saturated carbocycles. The van der Waals surface area contributed by atoms with Crippen LogP contribution in [-0.4, -0.2) is 31.3 Å². The molecule has 0 bridgehead atoms. The molecule has 14 heavy (non-hydrogen) atoms. The van der Waals surface area contributed by atoms with Crippen LogP contribution in [0.2, 0.25) is 0 Å². The van der Waals surface area contributed by atoms with E-state index >= 15 is 0 Å². The molecule has 0 aliphatic carbocycles. The predicted octanol–water partition coefficient (Wildman–Crippen LogP) is 1.85. The third kappa shape index (κ3) is 2.77. The summed E-state index contributed by atoms with van der Waals surface area (Å²) in [7, 11) is 0. The van der Waals surface area contributed by atoms with Gasteiger partial charge < -0.3 is 4.74 Å². The van der Waals surface area contributed by atoms with E-state index in [0.29, 0.717) is 0 Å². The second-order valence-electron chi connectivity index (χ2n) is 3.13. The molecule has 0 aromatic carbocycles. The summed E-state index contributed by atoms with van der Waals surface area (Å²) in [5.41, 5.74) is 3.40. The monoisotopic (exact) mass is 276 g/mol. The second-order valence-corrected chi connectivity index (χ2v) is 4.98. The fourth-order valence-electron chi connectivity index (χ4n) is 1.36. The molecule has 2 heterocycles. The molecule has 3 nitrogen and oxygen atoms in total. The highest BCUT2D eigenvalue weighted by molar-refractivity contribution is 9.10. The summed E-state index contributed by atoms with van der Waals surface area (Å²) in [5, 5.41) is 4.32. The van der Waals surface area contributed by atoms with Gasteiger partial charge in [-0.2, -0.15) is 0 Å². The largest absolute Gasteiger partial charge is 0.379 e. The lowest BCUT2D eigenvalue weighted by Gasteiger charge is -2.27. The first-order valence-corrected chi connectivity index (χ1v) is 6.31. The molecular weight excluding hydrogens is 264 g/mol. The van der Waals surface area contributed by atoms with Crippen molar-refractivity contribution in [3.05, 3.63) is 20.8 Å². The minimum absolute atomic E-state index is 0.832. The molecule has 1 aromatic rings. The highest BCUT2D eigenvalue weighted by atomic mass is 79.9. The van der Waals surface area contributed by atoms with Gasteiger partial charge in [-0.05, 0) is 27.4 Å². The first kappa shape index (κ1) is 10.6. The number of morpholine rings is 1. The summed E-state index contributed by atoms with van der Waals surface area (Å²) in [4.78, 5) is 1.34. The Labute approximate surface area is 96.2 Å². The van der Waals surface area contributed by atoms with Crippen LogP contribution in [0.5, 0.6) is 0 Å². The molecule has 5 heteroatoms. The SMILES string of the molecule is Brc1ccsc1CNN1CCOCC1. The van der Waals surface area contributed by atoms with Gasteiger partial charge in [-0.15, -0.1) is 11.3 Å². The normalized spacial score (nSPS) is 18.6. The van der Waals surface area contributed by atoms with Gasteiger partial charge in [-0.3, -0.25) is 0 Å². The zero-order valence-corrected chi connectivity index (χ0v) is 10.2. The molecular formula is C9H13BrN2OS. The highest BCUT2D eigenvalue weighted by Crippen LogP contribution is 2.22. The van der Waals surface area contributed by atoms with Crippen LogP contribution in [0.4, 0.5) is 0 Å². The van der Waals surface area contributed by atoms with Gasteiger partial charge in [0.15, 0.2) is 0 Å². The molecule has 1 aliphatic rings. The van der Waals surface area contributed by atoms with Crippen molar-refractivity contribution in [3.63, 3.8) is 0 Å². The number of rotatable bonds is 3. The number of hydrazine groups is 1. The number of nitrogens with zero attached hydrogens (tertiary/aromatic N) is 1. The Bertz CT molecular complexity index is 286. The maximum atomic E-state index is 5.27. The molecule has 2 rings (SSSR count). The molecule has 0 amide bonds. The fraction of sp³-hybridized carbons (Fsp3) is 0.556. The van der Waals surface area contributed by atoms with Gasteiger partial charge in [0.25, 0.3) is 0 Å². The quantitative estimate of drug-likeness (QED) is 0.912. The Morgan fingerprint density at radius 1 is 1.50 bits per heavy atom. The van der Waals surface area contributed by atoms with Gasteiger partial charge in [0, 0.05) is 29.0 Å². The van der Waals surface area contributed by atoms with Crippen LogP contribution in [0, 0.1) is 0 Å². The van der Waals surface area contributed by atoms with Crippen LogP contribution >= 0.6 is 27.3 Å². The topological polar surface area (TPSA) is 24.5 Å². The molecule has 1 fully saturated rings. The number of thiophene rings is 1. The average molecular weight is 277 g/mol. The van der Waals surface area contributed by atoms with Crippen LogP contribution in [0.25, 0.3) is 0 Å². The number of hydrogen-bond acceptors (Lipinski definition) is 4. The Balaban J connectivity index is 1.79. The third-order valence-electron chi connectivity index (χ3n) is 2.17. The Hall–Kier alpha value is 0.0600. The van der Waals surface area contributed by atoms with Crippen LogP contribution in [0.3, 0.4) is 0 Å². The lowest BCUT2D eigenvalue weighted by Crippen LogP contribution is -2.45. The smallest absolute Gasteiger partial charge is 0.0608 e. The average Bonchev–Trinajstić information content (AvgIpc) is 2.63. The summed E-state index contributed by atoms with van der Waals surface area (Å²) in [5.74, 6) is 0. The van der Waals surface area contributed by atoms with Crippen molar-refractivity contribution in [2.24, 2.45) is 0 Å². The Morgan fingerprint density at radius 3 is 2.93 bits per heavy atom. The van der Waals surface area contributed by atoms with Crippen molar-refractivity contribution in [1.29, 1.82) is 0 Å². The van der Waals surface area contributed by atoms with Gasteiger partial charge in [-0.1, -0.05) is 0 Å². The maximum Gasteiger partial charge on any atom is 0.0608 e. The molecule has 0 unspecified atom stereocenters. The Morgan fingerprint density at radius 2 is 2.29 bits per heavy atom. The number of nitrogens with one attached hydrogen (secondary N) is 1. The molecule has 78 valence electrons. The van der Waals surface area contributed by atoms with E-state index in [-0.39, 0.29) is 0 Å². The fourth-order valence-corrected chi connectivity index (χ4v) is 2.78. The van der Waals surface area contributed by atoms with E-state index in [9.17, 15) is 0 Å². The van der Waals surface area contributed by atoms with Crippen molar-refractivity contribution in [1.82, 2.24) is 10.4 Å². The van der Waals surface area contributed by atoms with E-state index < -0.39 is 0 Å². The molecule has 1 aliphatic heterocycles. The van der Waals surface area contributed by atoms with Crippen LogP contribution in [0.15, 0.2) is 15.9 Å². The van der Waals surface area contributed by atoms with Gasteiger partial charge in [-0.25, -0.2) is 10.4 Å². The lowest BCUT2D eigenvalue weighted by molar-refractivity contribution is 0.0107. The molecule has 1 N–H and O–H groups in total. The van der Waals surface area contributed by atoms with E-state index in [0.717, 1.165) is 32.8 Å². The summed E-state index contributed by atoms with van der Waals surface area (Å²) in [6, 6.07) is 2.08. The summed E-state index contributed by atoms with van der Waals surface area (Å²) in [6.07, 6.45) is 0. The van der Waals surface area contributed by atoms with Crippen molar-refractivity contribution in [2.45, 2.75) is 6.54 Å². The first-order chi connectivity index (χ1) is 6.86. The van der Waals surface area contributed by atoms with E-state index in [1.807, 2.05) is 0 Å². The molecule has 0 atom stereocenters. The van der Waals surface area contributed by atoms with Crippen LogP contribution in [0.1, 0.15) is 4.88 Å². The van der Waals surface area contributed by atoms with Gasteiger partial charge >= 0.3 is 0 Å². The summed E-state index contributed by atoms with van der Waals surface area (Å²) < 4.78 is 6.47. The molecule has 0 spiro atoms. The number of ether oxygens (including phenoxy) is 1. The van der Waals surface area contributed by atoms with Crippen molar-refractivity contribution in [2.75, 3.05) is 26.3 Å². The van der Waals surface area contributed by atoms with E-state index in [2.05, 4.69) is 37.8 Å². The van der Waals surface area contributed by atoms with Crippen LogP contribution < -0.4 is 5.43 Å². The van der Waals surface area contributed by atoms with Gasteiger partial charge in [0.1, 0.15) is 0 Å². The zero-order valence-electron chi connectivity index (χ0n) is 7.83. The number of halogens is 1. The van der Waals surface area contributed by atoms with Gasteiger partial charge in [0.2, 0.25) is 0 Å². The number of hydrogen-bond donors (Lipinski definition) is 1.